The molecule has 0 rings (SSSR count). The van der Waals surface area contributed by atoms with Crippen LogP contribution in [-0.2, 0) is 19.9 Å². The van der Waals surface area contributed by atoms with E-state index in [-0.39, 0.29) is 5.97 Å². The van der Waals surface area contributed by atoms with Gasteiger partial charge < -0.3 is 9.64 Å². The molecule has 0 heterocycles. The van der Waals surface area contributed by atoms with E-state index >= 15 is 0 Å². The van der Waals surface area contributed by atoms with Crippen LogP contribution >= 0.6 is 0 Å². The van der Waals surface area contributed by atoms with Gasteiger partial charge in [0, 0.05) is 5.57 Å². The topological polar surface area (TPSA) is 104 Å². The van der Waals surface area contributed by atoms with Gasteiger partial charge in [0.25, 0.3) is 0 Å². The largest absolute Gasteiger partial charge is 0.463 e. The lowest BCUT2D eigenvalue weighted by atomic mass is 10.2. The van der Waals surface area contributed by atoms with Crippen LogP contribution in [-0.4, -0.2) is 55.6 Å². The standard InChI is InChI=1S/C7H12O2.C4H11N.H2O4S/c1-4-6(3)7(8)9-5-2;1-4-5(2)3;1-5(2,3)4/h3-5H2,1-2H3;4H2,1-3H3;(H2,1,2,3,4). The molecular weight excluding hydrogens is 274 g/mol. The maximum atomic E-state index is 10.7. The fourth-order valence-corrected chi connectivity index (χ4v) is 0.377. The van der Waals surface area contributed by atoms with Crippen LogP contribution in [0.25, 0.3) is 0 Å². The van der Waals surface area contributed by atoms with Gasteiger partial charge in [0.15, 0.2) is 0 Å². The quantitative estimate of drug-likeness (QED) is 0.459. The minimum atomic E-state index is -4.67. The number of nitrogens with zero attached hydrogens (tertiary/aromatic N) is 1. The number of hydrogen-bond acceptors (Lipinski definition) is 5. The summed E-state index contributed by atoms with van der Waals surface area (Å²) in [4.78, 5) is 12.8. The van der Waals surface area contributed by atoms with Crippen LogP contribution in [0.15, 0.2) is 12.2 Å². The zero-order valence-corrected chi connectivity index (χ0v) is 13.0. The van der Waals surface area contributed by atoms with Crippen molar-refractivity contribution in [1.82, 2.24) is 4.90 Å². The minimum Gasteiger partial charge on any atom is -0.463 e. The van der Waals surface area contributed by atoms with Crippen molar-refractivity contribution in [1.29, 1.82) is 0 Å². The minimum absolute atomic E-state index is 0.278. The second kappa shape index (κ2) is 13.5. The molecule has 0 aliphatic rings. The molecule has 0 saturated heterocycles. The highest BCUT2D eigenvalue weighted by molar-refractivity contribution is 7.79. The number of ether oxygens (including phenoxy) is 1. The molecule has 0 bridgehead atoms. The van der Waals surface area contributed by atoms with E-state index in [1.165, 1.54) is 0 Å². The summed E-state index contributed by atoms with van der Waals surface area (Å²) in [6, 6.07) is 0. The van der Waals surface area contributed by atoms with E-state index in [1.807, 2.05) is 6.92 Å². The number of carbonyl (C=O) groups is 1. The van der Waals surface area contributed by atoms with Gasteiger partial charge in [-0.25, -0.2) is 4.79 Å². The lowest BCUT2D eigenvalue weighted by molar-refractivity contribution is -0.138. The molecule has 0 spiro atoms. The summed E-state index contributed by atoms with van der Waals surface area (Å²) < 4.78 is 36.2. The third kappa shape index (κ3) is 38.2. The summed E-state index contributed by atoms with van der Waals surface area (Å²) in [5.74, 6) is -0.278. The van der Waals surface area contributed by atoms with Crippen molar-refractivity contribution in [2.24, 2.45) is 0 Å². The summed E-state index contributed by atoms with van der Waals surface area (Å²) in [5, 5.41) is 0. The molecular formula is C11H25NO6S. The van der Waals surface area contributed by atoms with Gasteiger partial charge >= 0.3 is 16.4 Å². The van der Waals surface area contributed by atoms with Gasteiger partial charge in [0.2, 0.25) is 0 Å². The predicted molar refractivity (Wildman–Crippen MR) is 74.5 cm³/mol. The Hall–Kier alpha value is -0.960. The van der Waals surface area contributed by atoms with E-state index in [2.05, 4.69) is 37.2 Å². The van der Waals surface area contributed by atoms with E-state index in [4.69, 9.17) is 17.5 Å². The molecule has 0 atom stereocenters. The summed E-state index contributed by atoms with van der Waals surface area (Å²) >= 11 is 0. The van der Waals surface area contributed by atoms with Crippen LogP contribution in [0.3, 0.4) is 0 Å². The molecule has 19 heavy (non-hydrogen) atoms. The monoisotopic (exact) mass is 299 g/mol. The second-order valence-corrected chi connectivity index (χ2v) is 4.42. The molecule has 0 aromatic carbocycles. The lowest BCUT2D eigenvalue weighted by Gasteiger charge is -2.00. The van der Waals surface area contributed by atoms with E-state index in [0.29, 0.717) is 18.6 Å². The maximum Gasteiger partial charge on any atom is 0.394 e. The third-order valence-corrected chi connectivity index (χ3v) is 1.62. The van der Waals surface area contributed by atoms with Gasteiger partial charge in [-0.05, 0) is 34.0 Å². The normalized spacial score (nSPS) is 9.68. The number of rotatable bonds is 4. The number of hydrogen-bond donors (Lipinski definition) is 2. The Morgan fingerprint density at radius 3 is 1.68 bits per heavy atom. The second-order valence-electron chi connectivity index (χ2n) is 3.52. The molecule has 8 heteroatoms. The van der Waals surface area contributed by atoms with Crippen molar-refractivity contribution < 1.29 is 27.1 Å². The number of carbonyl (C=O) groups excluding carboxylic acids is 1. The van der Waals surface area contributed by atoms with Crippen LogP contribution < -0.4 is 0 Å². The van der Waals surface area contributed by atoms with Crippen LogP contribution in [0.4, 0.5) is 0 Å². The van der Waals surface area contributed by atoms with Crippen molar-refractivity contribution in [3.05, 3.63) is 12.2 Å². The van der Waals surface area contributed by atoms with Gasteiger partial charge in [-0.15, -0.1) is 0 Å². The predicted octanol–water partition coefficient (Wildman–Crippen LogP) is 1.43. The highest BCUT2D eigenvalue weighted by Crippen LogP contribution is 1.98. The van der Waals surface area contributed by atoms with Gasteiger partial charge in [-0.1, -0.05) is 20.4 Å². The van der Waals surface area contributed by atoms with Crippen molar-refractivity contribution in [3.8, 4) is 0 Å². The fourth-order valence-electron chi connectivity index (χ4n) is 0.377. The van der Waals surface area contributed by atoms with Crippen LogP contribution in [0, 0.1) is 0 Å². The number of esters is 1. The summed E-state index contributed by atoms with van der Waals surface area (Å²) in [6.07, 6.45) is 0.666. The molecule has 0 saturated carbocycles. The van der Waals surface area contributed by atoms with Crippen molar-refractivity contribution in [2.45, 2.75) is 27.2 Å². The summed E-state index contributed by atoms with van der Waals surface area (Å²) in [6.45, 7) is 10.9. The molecule has 0 aromatic rings. The highest BCUT2D eigenvalue weighted by atomic mass is 32.3. The Bertz CT molecular complexity index is 329. The van der Waals surface area contributed by atoms with Crippen LogP contribution in [0.2, 0.25) is 0 Å². The molecule has 0 amide bonds. The Morgan fingerprint density at radius 2 is 1.53 bits per heavy atom. The smallest absolute Gasteiger partial charge is 0.394 e. The van der Waals surface area contributed by atoms with E-state index in [1.54, 1.807) is 6.92 Å². The Balaban J connectivity index is -0.000000219. The highest BCUT2D eigenvalue weighted by Gasteiger charge is 2.02. The summed E-state index contributed by atoms with van der Waals surface area (Å²) in [5.41, 5.74) is 0.539. The molecule has 116 valence electrons. The lowest BCUT2D eigenvalue weighted by Crippen LogP contribution is -2.08. The van der Waals surface area contributed by atoms with E-state index < -0.39 is 10.4 Å². The Morgan fingerprint density at radius 1 is 1.21 bits per heavy atom. The third-order valence-electron chi connectivity index (χ3n) is 1.62. The molecule has 0 aromatic heterocycles. The average Bonchev–Trinajstić information content (AvgIpc) is 2.26. The molecule has 0 radical (unpaired) electrons. The van der Waals surface area contributed by atoms with Crippen molar-refractivity contribution in [2.75, 3.05) is 27.2 Å². The average molecular weight is 299 g/mol. The SMILES string of the molecule is C=C(CC)C(=O)OCC.CCN(C)C.O=S(=O)(O)O. The molecule has 2 N–H and O–H groups in total. The zero-order chi connectivity index (χ0) is 16.1. The molecule has 7 nitrogen and oxygen atoms in total. The summed E-state index contributed by atoms with van der Waals surface area (Å²) in [7, 11) is -0.556. The van der Waals surface area contributed by atoms with Gasteiger partial charge in [0.05, 0.1) is 6.61 Å². The van der Waals surface area contributed by atoms with Crippen LogP contribution in [0.5, 0.6) is 0 Å². The molecule has 0 unspecified atom stereocenters. The van der Waals surface area contributed by atoms with Gasteiger partial charge in [-0.2, -0.15) is 8.42 Å². The van der Waals surface area contributed by atoms with Gasteiger partial charge in [0.1, 0.15) is 0 Å². The van der Waals surface area contributed by atoms with E-state index in [9.17, 15) is 4.79 Å². The first kappa shape index (κ1) is 23.2. The first-order valence-corrected chi connectivity index (χ1v) is 7.08. The van der Waals surface area contributed by atoms with Crippen molar-refractivity contribution >= 4 is 16.4 Å². The molecule has 0 aliphatic carbocycles. The first-order chi connectivity index (χ1) is 8.49. The maximum absolute atomic E-state index is 10.7. The first-order valence-electron chi connectivity index (χ1n) is 5.68. The zero-order valence-electron chi connectivity index (χ0n) is 12.2. The van der Waals surface area contributed by atoms with Crippen molar-refractivity contribution in [3.63, 3.8) is 0 Å². The Kier molecular flexibility index (Phi) is 16.4. The Labute approximate surface area is 115 Å². The fraction of sp³-hybridized carbons (Fsp3) is 0.727. The van der Waals surface area contributed by atoms with E-state index in [0.717, 1.165) is 6.54 Å². The van der Waals surface area contributed by atoms with Crippen LogP contribution in [0.1, 0.15) is 27.2 Å². The molecule has 0 aliphatic heterocycles. The van der Waals surface area contributed by atoms with Gasteiger partial charge in [-0.3, -0.25) is 9.11 Å². The molecule has 0 fully saturated rings.